The molecule has 1 aliphatic rings. The summed E-state index contributed by atoms with van der Waals surface area (Å²) in [7, 11) is 0. The Bertz CT molecular complexity index is 624. The minimum Gasteiger partial charge on any atom is -0.339 e. The number of benzene rings is 1. The van der Waals surface area contributed by atoms with Gasteiger partial charge >= 0.3 is 0 Å². The number of aryl methyl sites for hydroxylation is 1. The minimum atomic E-state index is 0.461. The first kappa shape index (κ1) is 12.7. The Balaban J connectivity index is 1.92. The summed E-state index contributed by atoms with van der Waals surface area (Å²) in [5, 5.41) is 4.33. The van der Waals surface area contributed by atoms with Crippen LogP contribution in [0.5, 0.6) is 0 Å². The molecule has 1 aliphatic carbocycles. The van der Waals surface area contributed by atoms with Gasteiger partial charge in [-0.05, 0) is 37.5 Å². The topological polar surface area (TPSA) is 37.8 Å². The van der Waals surface area contributed by atoms with Crippen LogP contribution in [0.4, 0.5) is 11.5 Å². The molecule has 0 aliphatic heterocycles. The summed E-state index contributed by atoms with van der Waals surface area (Å²) < 4.78 is 0. The van der Waals surface area contributed by atoms with Crippen LogP contribution >= 0.6 is 23.2 Å². The molecule has 1 N–H and O–H groups in total. The van der Waals surface area contributed by atoms with Gasteiger partial charge in [0.15, 0.2) is 0 Å². The molecule has 1 fully saturated rings. The number of rotatable bonds is 3. The number of halogens is 2. The van der Waals surface area contributed by atoms with Crippen LogP contribution in [0, 0.1) is 6.92 Å². The van der Waals surface area contributed by atoms with Crippen LogP contribution in [-0.4, -0.2) is 9.97 Å². The van der Waals surface area contributed by atoms with Crippen LogP contribution in [0.15, 0.2) is 24.3 Å². The highest BCUT2D eigenvalue weighted by molar-refractivity contribution is 6.33. The van der Waals surface area contributed by atoms with Crippen molar-refractivity contribution < 1.29 is 0 Å². The Kier molecular flexibility index (Phi) is 3.33. The van der Waals surface area contributed by atoms with Crippen LogP contribution in [-0.2, 0) is 0 Å². The van der Waals surface area contributed by atoms with E-state index in [0.717, 1.165) is 29.9 Å². The van der Waals surface area contributed by atoms with Crippen LogP contribution in [0.1, 0.15) is 30.1 Å². The van der Waals surface area contributed by atoms with E-state index in [9.17, 15) is 0 Å². The van der Waals surface area contributed by atoms with E-state index in [-0.39, 0.29) is 0 Å². The predicted molar refractivity (Wildman–Crippen MR) is 78.5 cm³/mol. The smallest absolute Gasteiger partial charge is 0.135 e. The monoisotopic (exact) mass is 293 g/mol. The van der Waals surface area contributed by atoms with Crippen LogP contribution in [0.3, 0.4) is 0 Å². The fourth-order valence-electron chi connectivity index (χ4n) is 1.90. The number of hydrogen-bond donors (Lipinski definition) is 1. The van der Waals surface area contributed by atoms with Crippen molar-refractivity contribution in [2.24, 2.45) is 0 Å². The van der Waals surface area contributed by atoms with Crippen molar-refractivity contribution in [1.29, 1.82) is 0 Å². The van der Waals surface area contributed by atoms with Crippen molar-refractivity contribution in [3.63, 3.8) is 0 Å². The molecule has 0 unspecified atom stereocenters. The van der Waals surface area contributed by atoms with Gasteiger partial charge in [-0.15, -0.1) is 0 Å². The lowest BCUT2D eigenvalue weighted by molar-refractivity contribution is 0.931. The van der Waals surface area contributed by atoms with Gasteiger partial charge in [-0.3, -0.25) is 0 Å². The molecule has 5 heteroatoms. The minimum absolute atomic E-state index is 0.461. The molecule has 1 saturated carbocycles. The first-order valence-corrected chi connectivity index (χ1v) is 6.95. The third-order valence-corrected chi connectivity index (χ3v) is 3.56. The van der Waals surface area contributed by atoms with Crippen molar-refractivity contribution in [2.75, 3.05) is 5.32 Å². The molecule has 0 spiro atoms. The molecule has 1 heterocycles. The van der Waals surface area contributed by atoms with Gasteiger partial charge < -0.3 is 5.32 Å². The van der Waals surface area contributed by atoms with E-state index in [1.165, 1.54) is 0 Å². The number of nitrogens with zero attached hydrogens (tertiary/aromatic N) is 2. The van der Waals surface area contributed by atoms with Gasteiger partial charge in [-0.25, -0.2) is 9.97 Å². The molecule has 3 nitrogen and oxygen atoms in total. The molecule has 0 bridgehead atoms. The normalized spacial score (nSPS) is 14.5. The number of nitrogens with one attached hydrogen (secondary N) is 1. The molecule has 0 atom stereocenters. The lowest BCUT2D eigenvalue weighted by Crippen LogP contribution is -2.00. The zero-order chi connectivity index (χ0) is 13.4. The third kappa shape index (κ3) is 2.99. The van der Waals surface area contributed by atoms with E-state index in [4.69, 9.17) is 23.2 Å². The molecule has 1 aromatic heterocycles. The Labute approximate surface area is 122 Å². The molecule has 2 aromatic rings. The van der Waals surface area contributed by atoms with Crippen LogP contribution < -0.4 is 5.32 Å². The van der Waals surface area contributed by atoms with Gasteiger partial charge in [0.25, 0.3) is 0 Å². The maximum absolute atomic E-state index is 6.16. The van der Waals surface area contributed by atoms with Gasteiger partial charge in [0.1, 0.15) is 16.8 Å². The quantitative estimate of drug-likeness (QED) is 0.833. The van der Waals surface area contributed by atoms with Crippen molar-refractivity contribution in [1.82, 2.24) is 9.97 Å². The maximum atomic E-state index is 6.16. The number of hydrogen-bond acceptors (Lipinski definition) is 3. The van der Waals surface area contributed by atoms with E-state index in [2.05, 4.69) is 15.3 Å². The first-order valence-electron chi connectivity index (χ1n) is 6.19. The first-order chi connectivity index (χ1) is 9.11. The second kappa shape index (κ2) is 4.99. The molecule has 0 radical (unpaired) electrons. The second-order valence-corrected chi connectivity index (χ2v) is 5.61. The predicted octanol–water partition coefficient (Wildman–Crippen LogP) is 4.71. The fourth-order valence-corrected chi connectivity index (χ4v) is 2.25. The van der Waals surface area contributed by atoms with Crippen molar-refractivity contribution in [3.8, 4) is 0 Å². The second-order valence-electron chi connectivity index (χ2n) is 4.82. The molecular formula is C14H13Cl2N3. The highest BCUT2D eigenvalue weighted by Gasteiger charge is 2.27. The summed E-state index contributed by atoms with van der Waals surface area (Å²) in [5.74, 6) is 1.97. The van der Waals surface area contributed by atoms with E-state index in [1.807, 2.05) is 25.1 Å². The zero-order valence-corrected chi connectivity index (χ0v) is 12.0. The number of aromatic nitrogens is 2. The summed E-state index contributed by atoms with van der Waals surface area (Å²) in [6.07, 6.45) is 2.29. The molecule has 1 aromatic carbocycles. The standard InChI is InChI=1S/C14H13Cl2N3/c1-8-2-5-10(15)11(6-8)17-13-7-12(16)18-14(19-13)9-3-4-9/h2,5-7,9H,3-4H2,1H3,(H,17,18,19). The summed E-state index contributed by atoms with van der Waals surface area (Å²) in [6.45, 7) is 2.02. The van der Waals surface area contributed by atoms with Crippen LogP contribution in [0.25, 0.3) is 0 Å². The summed E-state index contributed by atoms with van der Waals surface area (Å²) in [4.78, 5) is 8.76. The average molecular weight is 294 g/mol. The zero-order valence-electron chi connectivity index (χ0n) is 10.5. The van der Waals surface area contributed by atoms with E-state index >= 15 is 0 Å². The van der Waals surface area contributed by atoms with Gasteiger partial charge in [0, 0.05) is 12.0 Å². The summed E-state index contributed by atoms with van der Waals surface area (Å²) >= 11 is 12.2. The Morgan fingerprint density at radius 3 is 2.68 bits per heavy atom. The largest absolute Gasteiger partial charge is 0.339 e. The molecule has 3 rings (SSSR count). The lowest BCUT2D eigenvalue weighted by atomic mass is 10.2. The highest BCUT2D eigenvalue weighted by atomic mass is 35.5. The van der Waals surface area contributed by atoms with E-state index < -0.39 is 0 Å². The summed E-state index contributed by atoms with van der Waals surface area (Å²) in [6, 6.07) is 7.53. The van der Waals surface area contributed by atoms with E-state index in [1.54, 1.807) is 6.07 Å². The van der Waals surface area contributed by atoms with Gasteiger partial charge in [0.05, 0.1) is 10.7 Å². The molecule has 19 heavy (non-hydrogen) atoms. The van der Waals surface area contributed by atoms with Crippen molar-refractivity contribution in [2.45, 2.75) is 25.7 Å². The number of anilines is 2. The Morgan fingerprint density at radius 1 is 1.16 bits per heavy atom. The lowest BCUT2D eigenvalue weighted by Gasteiger charge is -2.10. The van der Waals surface area contributed by atoms with Gasteiger partial charge in [-0.2, -0.15) is 0 Å². The van der Waals surface area contributed by atoms with Crippen molar-refractivity contribution >= 4 is 34.7 Å². The van der Waals surface area contributed by atoms with Gasteiger partial charge in [-0.1, -0.05) is 29.3 Å². The molecule has 0 saturated heterocycles. The fraction of sp³-hybridized carbons (Fsp3) is 0.286. The van der Waals surface area contributed by atoms with Crippen LogP contribution in [0.2, 0.25) is 10.2 Å². The molecule has 98 valence electrons. The maximum Gasteiger partial charge on any atom is 0.135 e. The van der Waals surface area contributed by atoms with Gasteiger partial charge in [0.2, 0.25) is 0 Å². The summed E-state index contributed by atoms with van der Waals surface area (Å²) in [5.41, 5.74) is 1.97. The molecule has 0 amide bonds. The average Bonchev–Trinajstić information content (AvgIpc) is 3.17. The Hall–Kier alpha value is -1.32. The van der Waals surface area contributed by atoms with Crippen molar-refractivity contribution in [3.05, 3.63) is 45.8 Å². The highest BCUT2D eigenvalue weighted by Crippen LogP contribution is 2.39. The van der Waals surface area contributed by atoms with E-state index in [0.29, 0.717) is 21.9 Å². The Morgan fingerprint density at radius 2 is 1.95 bits per heavy atom. The SMILES string of the molecule is Cc1ccc(Cl)c(Nc2cc(Cl)nc(C3CC3)n2)c1. The molecular weight excluding hydrogens is 281 g/mol. The third-order valence-electron chi connectivity index (χ3n) is 3.04.